The third-order valence-electron chi connectivity index (χ3n) is 2.91. The Morgan fingerprint density at radius 2 is 1.90 bits per heavy atom. The van der Waals surface area contributed by atoms with E-state index in [2.05, 4.69) is 4.98 Å². The van der Waals surface area contributed by atoms with Crippen molar-refractivity contribution in [2.24, 2.45) is 5.73 Å². The molecular formula is C16H18N2O2S. The fourth-order valence-corrected chi connectivity index (χ4v) is 2.34. The normalized spacial score (nSPS) is 10.2. The minimum Gasteiger partial charge on any atom is -0.490 e. The quantitative estimate of drug-likeness (QED) is 0.856. The number of nitrogens with two attached hydrogens (primary N) is 1. The van der Waals surface area contributed by atoms with E-state index in [4.69, 9.17) is 27.4 Å². The van der Waals surface area contributed by atoms with E-state index < -0.39 is 0 Å². The molecule has 0 radical (unpaired) electrons. The van der Waals surface area contributed by atoms with Gasteiger partial charge in [-0.2, -0.15) is 0 Å². The summed E-state index contributed by atoms with van der Waals surface area (Å²) in [6.07, 6.45) is 0. The number of hydrogen-bond donors (Lipinski definition) is 1. The van der Waals surface area contributed by atoms with Gasteiger partial charge in [-0.15, -0.1) is 0 Å². The summed E-state index contributed by atoms with van der Waals surface area (Å²) >= 11 is 5.11. The molecule has 1 aromatic carbocycles. The summed E-state index contributed by atoms with van der Waals surface area (Å²) in [5.74, 6) is 1.66. The molecule has 0 bridgehead atoms. The summed E-state index contributed by atoms with van der Waals surface area (Å²) in [5, 5.41) is 0. The molecular weight excluding hydrogens is 284 g/mol. The maximum atomic E-state index is 5.91. The number of aromatic nitrogens is 1. The van der Waals surface area contributed by atoms with Crippen molar-refractivity contribution >= 4 is 17.2 Å². The Hall–Kier alpha value is -2.14. The number of para-hydroxylation sites is 2. The monoisotopic (exact) mass is 302 g/mol. The standard InChI is InChI=1S/C16H18N2O2S/c1-4-19-12-7-5-6-8-13(12)20-16-14(15(17)21)10(2)9-11(3)18-16/h5-9H,4H2,1-3H3,(H2,17,21). The Morgan fingerprint density at radius 1 is 1.24 bits per heavy atom. The van der Waals surface area contributed by atoms with Crippen molar-refractivity contribution in [1.82, 2.24) is 4.98 Å². The van der Waals surface area contributed by atoms with Crippen LogP contribution in [0.25, 0.3) is 0 Å². The minimum absolute atomic E-state index is 0.267. The molecule has 1 heterocycles. The van der Waals surface area contributed by atoms with Gasteiger partial charge in [0, 0.05) is 5.69 Å². The molecule has 0 unspecified atom stereocenters. The van der Waals surface area contributed by atoms with Crippen molar-refractivity contribution < 1.29 is 9.47 Å². The van der Waals surface area contributed by atoms with E-state index in [-0.39, 0.29) is 4.99 Å². The third kappa shape index (κ3) is 3.49. The molecule has 0 amide bonds. The van der Waals surface area contributed by atoms with Crippen molar-refractivity contribution in [2.75, 3.05) is 6.61 Å². The summed E-state index contributed by atoms with van der Waals surface area (Å²) in [4.78, 5) is 4.67. The molecule has 0 spiro atoms. The molecule has 4 nitrogen and oxygen atoms in total. The van der Waals surface area contributed by atoms with Crippen LogP contribution in [0.3, 0.4) is 0 Å². The van der Waals surface area contributed by atoms with Gasteiger partial charge in [-0.3, -0.25) is 0 Å². The average molecular weight is 302 g/mol. The first-order valence-corrected chi connectivity index (χ1v) is 7.11. The van der Waals surface area contributed by atoms with Crippen molar-refractivity contribution in [3.05, 3.63) is 47.2 Å². The second-order valence-corrected chi connectivity index (χ2v) is 5.05. The van der Waals surface area contributed by atoms with Crippen LogP contribution in [-0.2, 0) is 0 Å². The van der Waals surface area contributed by atoms with E-state index >= 15 is 0 Å². The first-order valence-electron chi connectivity index (χ1n) is 6.70. The Labute approximate surface area is 129 Å². The Morgan fingerprint density at radius 3 is 2.52 bits per heavy atom. The molecule has 0 aliphatic heterocycles. The van der Waals surface area contributed by atoms with Gasteiger partial charge in [0.25, 0.3) is 0 Å². The van der Waals surface area contributed by atoms with Crippen LogP contribution in [0.15, 0.2) is 30.3 Å². The van der Waals surface area contributed by atoms with Gasteiger partial charge in [0.15, 0.2) is 11.5 Å². The van der Waals surface area contributed by atoms with Gasteiger partial charge < -0.3 is 15.2 Å². The van der Waals surface area contributed by atoms with Gasteiger partial charge >= 0.3 is 0 Å². The largest absolute Gasteiger partial charge is 0.490 e. The lowest BCUT2D eigenvalue weighted by Crippen LogP contribution is -2.14. The van der Waals surface area contributed by atoms with Gasteiger partial charge in [-0.25, -0.2) is 4.98 Å². The number of aryl methyl sites for hydroxylation is 2. The molecule has 2 rings (SSSR count). The number of ether oxygens (including phenoxy) is 2. The van der Waals surface area contributed by atoms with Gasteiger partial charge in [-0.05, 0) is 44.5 Å². The molecule has 110 valence electrons. The van der Waals surface area contributed by atoms with Gasteiger partial charge in [0.05, 0.1) is 12.2 Å². The maximum Gasteiger partial charge on any atom is 0.230 e. The zero-order chi connectivity index (χ0) is 15.4. The van der Waals surface area contributed by atoms with Crippen LogP contribution in [0.1, 0.15) is 23.7 Å². The highest BCUT2D eigenvalue weighted by Gasteiger charge is 2.15. The molecule has 5 heteroatoms. The second kappa shape index (κ2) is 6.54. The summed E-state index contributed by atoms with van der Waals surface area (Å²) in [7, 11) is 0. The SMILES string of the molecule is CCOc1ccccc1Oc1nc(C)cc(C)c1C(N)=S. The van der Waals surface area contributed by atoms with Crippen molar-refractivity contribution in [1.29, 1.82) is 0 Å². The first kappa shape index (κ1) is 15.3. The van der Waals surface area contributed by atoms with Crippen LogP contribution in [0.4, 0.5) is 0 Å². The lowest BCUT2D eigenvalue weighted by Gasteiger charge is -2.15. The highest BCUT2D eigenvalue weighted by molar-refractivity contribution is 7.80. The van der Waals surface area contributed by atoms with Crippen molar-refractivity contribution in [3.8, 4) is 17.4 Å². The zero-order valence-corrected chi connectivity index (χ0v) is 13.2. The van der Waals surface area contributed by atoms with Crippen LogP contribution < -0.4 is 15.2 Å². The smallest absolute Gasteiger partial charge is 0.230 e. The number of benzene rings is 1. The van der Waals surface area contributed by atoms with Crippen LogP contribution in [0.2, 0.25) is 0 Å². The molecule has 2 aromatic rings. The fourth-order valence-electron chi connectivity index (χ4n) is 2.09. The highest BCUT2D eigenvalue weighted by atomic mass is 32.1. The summed E-state index contributed by atoms with van der Waals surface area (Å²) in [5.41, 5.74) is 8.24. The highest BCUT2D eigenvalue weighted by Crippen LogP contribution is 2.33. The molecule has 0 aliphatic rings. The van der Waals surface area contributed by atoms with E-state index in [0.717, 1.165) is 11.3 Å². The fraction of sp³-hybridized carbons (Fsp3) is 0.250. The van der Waals surface area contributed by atoms with E-state index in [9.17, 15) is 0 Å². The second-order valence-electron chi connectivity index (χ2n) is 4.61. The number of rotatable bonds is 5. The predicted molar refractivity (Wildman–Crippen MR) is 87.3 cm³/mol. The minimum atomic E-state index is 0.267. The topological polar surface area (TPSA) is 57.4 Å². The lowest BCUT2D eigenvalue weighted by atomic mass is 10.1. The molecule has 0 atom stereocenters. The average Bonchev–Trinajstić information content (AvgIpc) is 2.40. The van der Waals surface area contributed by atoms with Crippen LogP contribution in [0, 0.1) is 13.8 Å². The van der Waals surface area contributed by atoms with E-state index in [1.54, 1.807) is 0 Å². The molecule has 21 heavy (non-hydrogen) atoms. The zero-order valence-electron chi connectivity index (χ0n) is 12.3. The summed E-state index contributed by atoms with van der Waals surface area (Å²) in [6, 6.07) is 9.37. The maximum absolute atomic E-state index is 5.91. The predicted octanol–water partition coefficient (Wildman–Crippen LogP) is 3.52. The third-order valence-corrected chi connectivity index (χ3v) is 3.12. The lowest BCUT2D eigenvalue weighted by molar-refractivity contribution is 0.319. The van der Waals surface area contributed by atoms with Crippen LogP contribution >= 0.6 is 12.2 Å². The van der Waals surface area contributed by atoms with E-state index in [1.165, 1.54) is 0 Å². The van der Waals surface area contributed by atoms with Crippen LogP contribution in [-0.4, -0.2) is 16.6 Å². The molecule has 1 aromatic heterocycles. The van der Waals surface area contributed by atoms with Gasteiger partial charge in [0.1, 0.15) is 4.99 Å². The van der Waals surface area contributed by atoms with E-state index in [1.807, 2.05) is 51.1 Å². The number of thiocarbonyl (C=S) groups is 1. The van der Waals surface area contributed by atoms with E-state index in [0.29, 0.717) is 29.5 Å². The molecule has 0 saturated carbocycles. The number of hydrogen-bond acceptors (Lipinski definition) is 4. The molecule has 2 N–H and O–H groups in total. The van der Waals surface area contributed by atoms with Crippen LogP contribution in [0.5, 0.6) is 17.4 Å². The molecule has 0 saturated heterocycles. The van der Waals surface area contributed by atoms with Crippen molar-refractivity contribution in [2.45, 2.75) is 20.8 Å². The van der Waals surface area contributed by atoms with Crippen molar-refractivity contribution in [3.63, 3.8) is 0 Å². The number of pyridine rings is 1. The summed E-state index contributed by atoms with van der Waals surface area (Å²) < 4.78 is 11.5. The Kier molecular flexibility index (Phi) is 4.75. The van der Waals surface area contributed by atoms with Gasteiger partial charge in [0.2, 0.25) is 5.88 Å². The van der Waals surface area contributed by atoms with Gasteiger partial charge in [-0.1, -0.05) is 24.4 Å². The number of nitrogens with zero attached hydrogens (tertiary/aromatic N) is 1. The Bertz CT molecular complexity index is 671. The Balaban J connectivity index is 2.47. The molecule has 0 fully saturated rings. The molecule has 0 aliphatic carbocycles. The first-order chi connectivity index (χ1) is 10.0. The summed E-state index contributed by atoms with van der Waals surface area (Å²) in [6.45, 7) is 6.32.